The summed E-state index contributed by atoms with van der Waals surface area (Å²) in [7, 11) is -0.822. The van der Waals surface area contributed by atoms with Crippen LogP contribution in [0.3, 0.4) is 0 Å². The third-order valence-electron chi connectivity index (χ3n) is 6.01. The number of para-hydroxylation sites is 1. The summed E-state index contributed by atoms with van der Waals surface area (Å²) in [6.45, 7) is 1.44. The Morgan fingerprint density at radius 1 is 0.914 bits per heavy atom. The topological polar surface area (TPSA) is 96.0 Å². The van der Waals surface area contributed by atoms with Gasteiger partial charge in [-0.25, -0.2) is 8.42 Å². The fraction of sp³-hybridized carbons (Fsp3) is 0.231. The number of nitrogens with one attached hydrogen (secondary N) is 1. The van der Waals surface area contributed by atoms with Gasteiger partial charge in [0.2, 0.25) is 0 Å². The molecule has 4 rings (SSSR count). The first kappa shape index (κ1) is 24.3. The zero-order valence-electron chi connectivity index (χ0n) is 19.6. The highest BCUT2D eigenvalue weighted by atomic mass is 32.2. The molecule has 0 aromatic heterocycles. The molecule has 0 radical (unpaired) electrons. The molecule has 0 spiro atoms. The van der Waals surface area contributed by atoms with Gasteiger partial charge < -0.3 is 15.0 Å². The molecule has 1 aliphatic heterocycles. The number of ether oxygens (including phenoxy) is 1. The van der Waals surface area contributed by atoms with Gasteiger partial charge in [0.15, 0.2) is 0 Å². The van der Waals surface area contributed by atoms with Crippen LogP contribution in [0.1, 0.15) is 33.6 Å². The Kier molecular flexibility index (Phi) is 7.07. The number of sulfonamides is 1. The molecule has 0 saturated carbocycles. The van der Waals surface area contributed by atoms with Gasteiger partial charge in [0, 0.05) is 25.7 Å². The summed E-state index contributed by atoms with van der Waals surface area (Å²) in [5, 5.41) is 2.82. The third-order valence-corrected chi connectivity index (χ3v) is 7.81. The van der Waals surface area contributed by atoms with E-state index in [4.69, 9.17) is 4.74 Å². The van der Waals surface area contributed by atoms with Gasteiger partial charge in [-0.3, -0.25) is 13.9 Å². The van der Waals surface area contributed by atoms with Crippen molar-refractivity contribution in [2.24, 2.45) is 0 Å². The summed E-state index contributed by atoms with van der Waals surface area (Å²) in [5.41, 5.74) is 1.64. The maximum Gasteiger partial charge on any atom is 0.264 e. The zero-order chi connectivity index (χ0) is 25.0. The van der Waals surface area contributed by atoms with Gasteiger partial charge in [-0.2, -0.15) is 0 Å². The quantitative estimate of drug-likeness (QED) is 0.537. The van der Waals surface area contributed by atoms with Crippen molar-refractivity contribution in [2.45, 2.75) is 17.7 Å². The van der Waals surface area contributed by atoms with Crippen molar-refractivity contribution in [3.8, 4) is 5.75 Å². The molecule has 35 heavy (non-hydrogen) atoms. The van der Waals surface area contributed by atoms with E-state index in [1.165, 1.54) is 26.3 Å². The van der Waals surface area contributed by atoms with Gasteiger partial charge in [0.25, 0.3) is 21.8 Å². The lowest BCUT2D eigenvalue weighted by Gasteiger charge is -2.20. The number of anilines is 2. The zero-order valence-corrected chi connectivity index (χ0v) is 20.4. The number of hydrogen-bond acceptors (Lipinski definition) is 5. The second-order valence-electron chi connectivity index (χ2n) is 8.19. The molecule has 8 nitrogen and oxygen atoms in total. The summed E-state index contributed by atoms with van der Waals surface area (Å²) in [5.74, 6) is 0.0728. The second-order valence-corrected chi connectivity index (χ2v) is 10.2. The summed E-state index contributed by atoms with van der Waals surface area (Å²) >= 11 is 0. The molecule has 0 aliphatic carbocycles. The van der Waals surface area contributed by atoms with Crippen molar-refractivity contribution in [3.63, 3.8) is 0 Å². The van der Waals surface area contributed by atoms with Crippen molar-refractivity contribution in [2.75, 3.05) is 36.9 Å². The minimum absolute atomic E-state index is 0.0980. The van der Waals surface area contributed by atoms with Crippen LogP contribution in [0.4, 0.5) is 11.4 Å². The van der Waals surface area contributed by atoms with Gasteiger partial charge in [-0.15, -0.1) is 0 Å². The Morgan fingerprint density at radius 2 is 1.54 bits per heavy atom. The summed E-state index contributed by atoms with van der Waals surface area (Å²) in [6.07, 6.45) is 1.96. The van der Waals surface area contributed by atoms with Crippen LogP contribution in [-0.4, -0.2) is 52.4 Å². The van der Waals surface area contributed by atoms with Crippen molar-refractivity contribution < 1.29 is 22.7 Å². The number of rotatable bonds is 7. The van der Waals surface area contributed by atoms with E-state index in [0.717, 1.165) is 30.2 Å². The lowest BCUT2D eigenvalue weighted by molar-refractivity contribution is 0.0794. The SMILES string of the molecule is COc1ccc(S(=O)(=O)N(C)c2ccc(C(=O)Nc3ccccc3C(=O)N3CCCC3)cc2)cc1. The van der Waals surface area contributed by atoms with Gasteiger partial charge >= 0.3 is 0 Å². The number of amides is 2. The second kappa shape index (κ2) is 10.2. The Morgan fingerprint density at radius 3 is 2.17 bits per heavy atom. The van der Waals surface area contributed by atoms with Crippen molar-refractivity contribution in [3.05, 3.63) is 83.9 Å². The number of carbonyl (C=O) groups excluding carboxylic acids is 2. The molecule has 1 N–H and O–H groups in total. The van der Waals surface area contributed by atoms with E-state index in [9.17, 15) is 18.0 Å². The number of carbonyl (C=O) groups is 2. The molecular weight excluding hydrogens is 466 g/mol. The molecule has 1 saturated heterocycles. The highest BCUT2D eigenvalue weighted by Crippen LogP contribution is 2.25. The number of benzene rings is 3. The van der Waals surface area contributed by atoms with E-state index in [1.54, 1.807) is 65.6 Å². The summed E-state index contributed by atoms with van der Waals surface area (Å²) in [6, 6.07) is 19.3. The molecule has 0 unspecified atom stereocenters. The van der Waals surface area contributed by atoms with E-state index in [-0.39, 0.29) is 16.7 Å². The molecule has 1 fully saturated rings. The van der Waals surface area contributed by atoms with E-state index in [2.05, 4.69) is 5.32 Å². The Hall–Kier alpha value is -3.85. The highest BCUT2D eigenvalue weighted by molar-refractivity contribution is 7.92. The van der Waals surface area contributed by atoms with Crippen LogP contribution < -0.4 is 14.4 Å². The Labute approximate surface area is 205 Å². The normalized spacial score (nSPS) is 13.4. The van der Waals surface area contributed by atoms with Crippen molar-refractivity contribution in [1.29, 1.82) is 0 Å². The van der Waals surface area contributed by atoms with Crippen molar-refractivity contribution in [1.82, 2.24) is 4.90 Å². The van der Waals surface area contributed by atoms with Crippen LogP contribution in [0.15, 0.2) is 77.7 Å². The maximum absolute atomic E-state index is 13.0. The van der Waals surface area contributed by atoms with Crippen LogP contribution in [0.5, 0.6) is 5.75 Å². The van der Waals surface area contributed by atoms with Crippen LogP contribution in [0.2, 0.25) is 0 Å². The van der Waals surface area contributed by atoms with Crippen LogP contribution in [0.25, 0.3) is 0 Å². The summed E-state index contributed by atoms with van der Waals surface area (Å²) < 4.78 is 32.2. The standard InChI is InChI=1S/C26H27N3O5S/c1-28(35(32,33)22-15-13-21(34-2)14-16-22)20-11-9-19(10-12-20)25(30)27-24-8-4-3-7-23(24)26(31)29-17-5-6-18-29/h3-4,7-16H,5-6,17-18H2,1-2H3,(H,27,30). The molecular formula is C26H27N3O5S. The van der Waals surface area contributed by atoms with E-state index < -0.39 is 10.0 Å². The highest BCUT2D eigenvalue weighted by Gasteiger charge is 2.23. The predicted octanol–water partition coefficient (Wildman–Crippen LogP) is 4.01. The lowest BCUT2D eigenvalue weighted by Crippen LogP contribution is -2.28. The van der Waals surface area contributed by atoms with Crippen molar-refractivity contribution >= 4 is 33.2 Å². The van der Waals surface area contributed by atoms with Crippen LogP contribution in [-0.2, 0) is 10.0 Å². The summed E-state index contributed by atoms with van der Waals surface area (Å²) in [4.78, 5) is 27.7. The number of methoxy groups -OCH3 is 1. The smallest absolute Gasteiger partial charge is 0.264 e. The third kappa shape index (κ3) is 5.14. The lowest BCUT2D eigenvalue weighted by atomic mass is 10.1. The first-order valence-corrected chi connectivity index (χ1v) is 12.7. The molecule has 9 heteroatoms. The minimum atomic E-state index is -3.79. The van der Waals surface area contributed by atoms with Gasteiger partial charge in [0.1, 0.15) is 5.75 Å². The van der Waals surface area contributed by atoms with E-state index in [1.807, 2.05) is 0 Å². The minimum Gasteiger partial charge on any atom is -0.497 e. The molecule has 182 valence electrons. The van der Waals surface area contributed by atoms with Crippen LogP contribution >= 0.6 is 0 Å². The fourth-order valence-corrected chi connectivity index (χ4v) is 5.13. The van der Waals surface area contributed by atoms with E-state index in [0.29, 0.717) is 28.3 Å². The largest absolute Gasteiger partial charge is 0.497 e. The van der Waals surface area contributed by atoms with Gasteiger partial charge in [-0.1, -0.05) is 12.1 Å². The maximum atomic E-state index is 13.0. The molecule has 0 bridgehead atoms. The fourth-order valence-electron chi connectivity index (χ4n) is 3.93. The average Bonchev–Trinajstić information content (AvgIpc) is 3.43. The monoisotopic (exact) mass is 493 g/mol. The number of nitrogens with zero attached hydrogens (tertiary/aromatic N) is 2. The molecule has 0 atom stereocenters. The molecule has 3 aromatic rings. The Bertz CT molecular complexity index is 1320. The molecule has 3 aromatic carbocycles. The predicted molar refractivity (Wildman–Crippen MR) is 135 cm³/mol. The number of likely N-dealkylation sites (tertiary alicyclic amines) is 1. The van der Waals surface area contributed by atoms with E-state index >= 15 is 0 Å². The Balaban J connectivity index is 1.49. The average molecular weight is 494 g/mol. The van der Waals surface area contributed by atoms with Gasteiger partial charge in [0.05, 0.1) is 28.9 Å². The first-order chi connectivity index (χ1) is 16.8. The number of hydrogen-bond donors (Lipinski definition) is 1. The molecule has 2 amide bonds. The molecule has 1 heterocycles. The molecule has 1 aliphatic rings. The first-order valence-electron chi connectivity index (χ1n) is 11.2. The van der Waals surface area contributed by atoms with Crippen LogP contribution in [0, 0.1) is 0 Å². The van der Waals surface area contributed by atoms with Gasteiger partial charge in [-0.05, 0) is 73.5 Å².